The number of sulfonamides is 1. The standard InChI is InChI=1S/C25H32N2O5S/c1-2-32-25(29)22-15-18-27(19-16-22)24(28)13-10-21-8-11-23(12-9-21)33(30,31)26-17-14-20-6-4-3-5-7-20/h3-9,11-12,22,26H,2,10,13-19H2,1H3. The summed E-state index contributed by atoms with van der Waals surface area (Å²) < 4.78 is 32.7. The highest BCUT2D eigenvalue weighted by Gasteiger charge is 2.27. The third-order valence-electron chi connectivity index (χ3n) is 5.88. The van der Waals surface area contributed by atoms with E-state index in [1.807, 2.05) is 30.3 Å². The first-order valence-electron chi connectivity index (χ1n) is 11.5. The van der Waals surface area contributed by atoms with Gasteiger partial charge < -0.3 is 9.64 Å². The van der Waals surface area contributed by atoms with Crippen LogP contribution in [0, 0.1) is 5.92 Å². The number of esters is 1. The lowest BCUT2D eigenvalue weighted by atomic mass is 9.96. The summed E-state index contributed by atoms with van der Waals surface area (Å²) in [6.07, 6.45) is 2.78. The Bertz CT molecular complexity index is 1010. The summed E-state index contributed by atoms with van der Waals surface area (Å²) in [6, 6.07) is 16.4. The SMILES string of the molecule is CCOC(=O)C1CCN(C(=O)CCc2ccc(S(=O)(=O)NCCc3ccccc3)cc2)CC1. The molecule has 33 heavy (non-hydrogen) atoms. The van der Waals surface area contributed by atoms with Crippen molar-refractivity contribution in [2.24, 2.45) is 5.92 Å². The molecule has 1 saturated heterocycles. The smallest absolute Gasteiger partial charge is 0.309 e. The number of nitrogens with one attached hydrogen (secondary N) is 1. The molecule has 1 N–H and O–H groups in total. The number of carbonyl (C=O) groups is 2. The maximum atomic E-state index is 12.5. The molecule has 2 aromatic carbocycles. The number of amides is 1. The molecule has 0 unspecified atom stereocenters. The van der Waals surface area contributed by atoms with Gasteiger partial charge in [0.2, 0.25) is 15.9 Å². The molecule has 0 aliphatic carbocycles. The van der Waals surface area contributed by atoms with Crippen molar-refractivity contribution in [1.82, 2.24) is 9.62 Å². The molecule has 8 heteroatoms. The highest BCUT2D eigenvalue weighted by molar-refractivity contribution is 7.89. The zero-order valence-electron chi connectivity index (χ0n) is 19.0. The Morgan fingerprint density at radius 1 is 0.970 bits per heavy atom. The first kappa shape index (κ1) is 24.9. The number of nitrogens with zero attached hydrogens (tertiary/aromatic N) is 1. The molecule has 178 valence electrons. The van der Waals surface area contributed by atoms with Gasteiger partial charge >= 0.3 is 5.97 Å². The van der Waals surface area contributed by atoms with Crippen LogP contribution in [0.4, 0.5) is 0 Å². The summed E-state index contributed by atoms with van der Waals surface area (Å²) in [4.78, 5) is 26.4. The molecule has 0 atom stereocenters. The molecular formula is C25H32N2O5S. The minimum Gasteiger partial charge on any atom is -0.466 e. The van der Waals surface area contributed by atoms with Crippen LogP contribution in [-0.4, -0.2) is 51.4 Å². The van der Waals surface area contributed by atoms with Crippen molar-refractivity contribution in [3.63, 3.8) is 0 Å². The fourth-order valence-corrected chi connectivity index (χ4v) is 4.96. The van der Waals surface area contributed by atoms with E-state index >= 15 is 0 Å². The lowest BCUT2D eigenvalue weighted by Gasteiger charge is -2.31. The average Bonchev–Trinajstić information content (AvgIpc) is 2.83. The summed E-state index contributed by atoms with van der Waals surface area (Å²) >= 11 is 0. The monoisotopic (exact) mass is 472 g/mol. The van der Waals surface area contributed by atoms with Gasteiger partial charge in [-0.3, -0.25) is 9.59 Å². The molecule has 0 radical (unpaired) electrons. The predicted octanol–water partition coefficient (Wildman–Crippen LogP) is 2.94. The lowest BCUT2D eigenvalue weighted by molar-refractivity contribution is -0.151. The molecule has 0 spiro atoms. The van der Waals surface area contributed by atoms with E-state index in [4.69, 9.17) is 4.74 Å². The number of hydrogen-bond donors (Lipinski definition) is 1. The second-order valence-electron chi connectivity index (χ2n) is 8.18. The third-order valence-corrected chi connectivity index (χ3v) is 7.35. The summed E-state index contributed by atoms with van der Waals surface area (Å²) in [5, 5.41) is 0. The number of piperidine rings is 1. The van der Waals surface area contributed by atoms with Crippen molar-refractivity contribution in [3.8, 4) is 0 Å². The number of benzene rings is 2. The highest BCUT2D eigenvalue weighted by atomic mass is 32.2. The molecule has 1 aliphatic heterocycles. The van der Waals surface area contributed by atoms with Gasteiger partial charge in [-0.15, -0.1) is 0 Å². The molecule has 0 bridgehead atoms. The van der Waals surface area contributed by atoms with Crippen LogP contribution in [0.25, 0.3) is 0 Å². The summed E-state index contributed by atoms with van der Waals surface area (Å²) in [6.45, 7) is 3.63. The van der Waals surface area contributed by atoms with E-state index in [0.717, 1.165) is 11.1 Å². The number of likely N-dealkylation sites (tertiary alicyclic amines) is 1. The van der Waals surface area contributed by atoms with Gasteiger partial charge in [-0.1, -0.05) is 42.5 Å². The van der Waals surface area contributed by atoms with Crippen LogP contribution in [0.3, 0.4) is 0 Å². The highest BCUT2D eigenvalue weighted by Crippen LogP contribution is 2.20. The van der Waals surface area contributed by atoms with Crippen LogP contribution in [-0.2, 0) is 37.2 Å². The first-order chi connectivity index (χ1) is 15.9. The maximum absolute atomic E-state index is 12.5. The molecule has 1 aliphatic rings. The van der Waals surface area contributed by atoms with Gasteiger partial charge in [0.05, 0.1) is 17.4 Å². The largest absolute Gasteiger partial charge is 0.466 e. The van der Waals surface area contributed by atoms with Gasteiger partial charge in [0.25, 0.3) is 0 Å². The van der Waals surface area contributed by atoms with Crippen molar-refractivity contribution in [2.45, 2.75) is 43.9 Å². The number of carbonyl (C=O) groups excluding carboxylic acids is 2. The van der Waals surface area contributed by atoms with Crippen molar-refractivity contribution in [3.05, 3.63) is 65.7 Å². The van der Waals surface area contributed by atoms with E-state index < -0.39 is 10.0 Å². The fraction of sp³-hybridized carbons (Fsp3) is 0.440. The van der Waals surface area contributed by atoms with Gasteiger partial charge in [-0.25, -0.2) is 13.1 Å². The lowest BCUT2D eigenvalue weighted by Crippen LogP contribution is -2.40. The Balaban J connectivity index is 1.43. The second-order valence-corrected chi connectivity index (χ2v) is 9.95. The molecule has 1 amide bonds. The molecule has 1 fully saturated rings. The molecule has 0 saturated carbocycles. The molecule has 2 aromatic rings. The van der Waals surface area contributed by atoms with Crippen molar-refractivity contribution >= 4 is 21.9 Å². The zero-order valence-corrected chi connectivity index (χ0v) is 19.9. The Labute approximate surface area is 196 Å². The van der Waals surface area contributed by atoms with Crippen LogP contribution < -0.4 is 4.72 Å². The van der Waals surface area contributed by atoms with Crippen molar-refractivity contribution in [2.75, 3.05) is 26.2 Å². The van der Waals surface area contributed by atoms with Crippen LogP contribution in [0.5, 0.6) is 0 Å². The number of ether oxygens (including phenoxy) is 1. The molecule has 3 rings (SSSR count). The van der Waals surface area contributed by atoms with E-state index in [9.17, 15) is 18.0 Å². The van der Waals surface area contributed by atoms with E-state index in [2.05, 4.69) is 4.72 Å². The van der Waals surface area contributed by atoms with Crippen LogP contribution in [0.15, 0.2) is 59.5 Å². The van der Waals surface area contributed by atoms with Crippen LogP contribution >= 0.6 is 0 Å². The Hall–Kier alpha value is -2.71. The maximum Gasteiger partial charge on any atom is 0.309 e. The van der Waals surface area contributed by atoms with E-state index in [1.54, 1.807) is 36.1 Å². The van der Waals surface area contributed by atoms with Gasteiger partial charge in [-0.05, 0) is 55.9 Å². The topological polar surface area (TPSA) is 92.8 Å². The number of hydrogen-bond acceptors (Lipinski definition) is 5. The summed E-state index contributed by atoms with van der Waals surface area (Å²) in [5.74, 6) is -0.240. The van der Waals surface area contributed by atoms with E-state index in [1.165, 1.54) is 0 Å². The molecule has 1 heterocycles. The van der Waals surface area contributed by atoms with Crippen molar-refractivity contribution in [1.29, 1.82) is 0 Å². The minimum atomic E-state index is -3.58. The van der Waals surface area contributed by atoms with Gasteiger partial charge in [0, 0.05) is 26.1 Å². The van der Waals surface area contributed by atoms with Crippen LogP contribution in [0.1, 0.15) is 37.3 Å². The van der Waals surface area contributed by atoms with E-state index in [-0.39, 0.29) is 22.7 Å². The quantitative estimate of drug-likeness (QED) is 0.537. The zero-order chi connectivity index (χ0) is 23.7. The normalized spacial score (nSPS) is 14.8. The fourth-order valence-electron chi connectivity index (χ4n) is 3.93. The van der Waals surface area contributed by atoms with Crippen LogP contribution in [0.2, 0.25) is 0 Å². The predicted molar refractivity (Wildman–Crippen MR) is 126 cm³/mol. The Morgan fingerprint density at radius 3 is 2.24 bits per heavy atom. The molecular weight excluding hydrogens is 440 g/mol. The summed E-state index contributed by atoms with van der Waals surface area (Å²) in [7, 11) is -3.58. The molecule has 7 nitrogen and oxygen atoms in total. The van der Waals surface area contributed by atoms with Crippen molar-refractivity contribution < 1.29 is 22.7 Å². The molecule has 0 aromatic heterocycles. The summed E-state index contributed by atoms with van der Waals surface area (Å²) in [5.41, 5.74) is 1.98. The van der Waals surface area contributed by atoms with Gasteiger partial charge in [0.1, 0.15) is 0 Å². The average molecular weight is 473 g/mol. The van der Waals surface area contributed by atoms with E-state index in [0.29, 0.717) is 58.3 Å². The first-order valence-corrected chi connectivity index (χ1v) is 12.9. The second kappa shape index (κ2) is 12.0. The van der Waals surface area contributed by atoms with Gasteiger partial charge in [-0.2, -0.15) is 0 Å². The number of rotatable bonds is 10. The minimum absolute atomic E-state index is 0.0524. The van der Waals surface area contributed by atoms with Gasteiger partial charge in [0.15, 0.2) is 0 Å². The third kappa shape index (κ3) is 7.40. The number of aryl methyl sites for hydroxylation is 1. The Kier molecular flexibility index (Phi) is 9.03. The Morgan fingerprint density at radius 2 is 1.61 bits per heavy atom.